The Morgan fingerprint density at radius 1 is 1.00 bits per heavy atom. The fourth-order valence-electron chi connectivity index (χ4n) is 1.12. The Morgan fingerprint density at radius 3 is 1.54 bits per heavy atom. The van der Waals surface area contributed by atoms with Crippen molar-refractivity contribution < 1.29 is 93.1 Å². The average molecular weight is 430 g/mol. The van der Waals surface area contributed by atoms with Crippen LogP contribution in [0, 0.1) is 0 Å². The molecule has 8 N–H and O–H groups in total. The zero-order valence-corrected chi connectivity index (χ0v) is 17.5. The molecule has 12 nitrogen and oxygen atoms in total. The van der Waals surface area contributed by atoms with E-state index < -0.39 is 57.5 Å². The van der Waals surface area contributed by atoms with Crippen molar-refractivity contribution in [1.82, 2.24) is 0 Å². The maximum Gasteiger partial charge on any atom is 1.00 e. The molecular weight excluding hydrogens is 409 g/mol. The summed E-state index contributed by atoms with van der Waals surface area (Å²) in [7, 11) is -7.33. The average Bonchev–Trinajstić information content (AvgIpc) is 2.27. The minimum atomic E-state index is -4.67. The van der Waals surface area contributed by atoms with Crippen LogP contribution < -0.4 is 47.7 Å². The molecule has 0 aliphatic carbocycles. The Morgan fingerprint density at radius 2 is 1.29 bits per heavy atom. The van der Waals surface area contributed by atoms with Crippen LogP contribution in [0.15, 0.2) is 0 Å². The quantitative estimate of drug-likeness (QED) is 0.152. The second kappa shape index (κ2) is 14.0. The molecule has 1 aliphatic heterocycles. The minimum Gasteiger partial charge on any atom is -1.00 e. The van der Waals surface area contributed by atoms with Gasteiger partial charge in [0.1, 0.15) is 28.1 Å². The zero-order valence-electron chi connectivity index (χ0n) is 13.1. The molecule has 0 saturated carbocycles. The molecule has 24 heavy (non-hydrogen) atoms. The molecule has 144 valence electrons. The number of rotatable bonds is 1. The van der Waals surface area contributed by atoms with Crippen LogP contribution in [0.25, 0.3) is 0 Å². The molecule has 5 atom stereocenters. The third-order valence-corrected chi connectivity index (χ3v) is 1.95. The Balaban J connectivity index is -0.000000142. The summed E-state index contributed by atoms with van der Waals surface area (Å²) < 4.78 is 55.5. The number of aliphatic hydroxyl groups excluding tert-OH is 4. The molecule has 0 radical (unpaired) electrons. The summed E-state index contributed by atoms with van der Waals surface area (Å²) >= 11 is 0. The van der Waals surface area contributed by atoms with E-state index in [-0.39, 0.29) is 42.0 Å². The third kappa shape index (κ3) is 20.9. The number of hydrogen-bond acceptors (Lipinski definition) is 10. The second-order valence-electron chi connectivity index (χ2n) is 4.40. The van der Waals surface area contributed by atoms with Gasteiger partial charge in [-0.05, 0) is 0 Å². The summed E-state index contributed by atoms with van der Waals surface area (Å²) in [6, 6.07) is -1.04. The first-order chi connectivity index (χ1) is 9.57. The molecule has 0 amide bonds. The predicted molar refractivity (Wildman–Crippen MR) is 72.9 cm³/mol. The predicted octanol–water partition coefficient (Wildman–Crippen LogP) is -10.2. The summed E-state index contributed by atoms with van der Waals surface area (Å²) in [5, 5.41) is 36.1. The number of aliphatic hydroxyl groups is 4. The van der Waals surface area contributed by atoms with Crippen molar-refractivity contribution in [1.29, 1.82) is 0 Å². The molecule has 0 aromatic heterocycles. The number of hydrogen-bond donors (Lipinski definition) is 7. The SMILES string of the molecule is CS(C)(=O)=O.N[C@H]1C(O)O[C@H](CO)[C@@H](O)[C@@H]1O.O=S(=O)(O)O.[Cl-].[Na+]. The van der Waals surface area contributed by atoms with E-state index in [0.29, 0.717) is 0 Å². The van der Waals surface area contributed by atoms with Gasteiger partial charge in [-0.1, -0.05) is 0 Å². The standard InChI is InChI=1S/C6H13NO5.C2H6O2S.ClH.Na.H2O4S/c7-3-5(10)4(9)2(1-8)12-6(3)11;1-5(2,3)4;;;1-5(2,3)4/h2-6,8-11H,1,7H2;1-2H3;1H;;(H2,1,2,3,4)/q;;;+1;/p-1/t2-,3-,4-,5-,6?;;;;/m1..../s1. The molecular formula is C8H21ClNNaO11S2. The van der Waals surface area contributed by atoms with Gasteiger partial charge in [-0.2, -0.15) is 8.42 Å². The van der Waals surface area contributed by atoms with Crippen LogP contribution in [0.2, 0.25) is 0 Å². The van der Waals surface area contributed by atoms with Crippen LogP contribution in [0.5, 0.6) is 0 Å². The normalized spacial score (nSPS) is 29.5. The van der Waals surface area contributed by atoms with Gasteiger partial charge in [0, 0.05) is 12.5 Å². The van der Waals surface area contributed by atoms with E-state index >= 15 is 0 Å². The monoisotopic (exact) mass is 429 g/mol. The molecule has 1 aliphatic rings. The van der Waals surface area contributed by atoms with E-state index in [1.807, 2.05) is 0 Å². The van der Waals surface area contributed by atoms with E-state index in [0.717, 1.165) is 12.5 Å². The van der Waals surface area contributed by atoms with Crippen molar-refractivity contribution in [2.75, 3.05) is 19.1 Å². The summed E-state index contributed by atoms with van der Waals surface area (Å²) in [5.74, 6) is 0. The van der Waals surface area contributed by atoms with Gasteiger partial charge < -0.3 is 43.3 Å². The molecule has 1 saturated heterocycles. The van der Waals surface area contributed by atoms with E-state index in [4.69, 9.17) is 38.2 Å². The Bertz CT molecular complexity index is 465. The number of ether oxygens (including phenoxy) is 1. The van der Waals surface area contributed by atoms with E-state index in [1.165, 1.54) is 0 Å². The van der Waals surface area contributed by atoms with Gasteiger partial charge in [0.2, 0.25) is 0 Å². The van der Waals surface area contributed by atoms with Gasteiger partial charge >= 0.3 is 40.0 Å². The van der Waals surface area contributed by atoms with Crippen molar-refractivity contribution in [2.45, 2.75) is 30.6 Å². The van der Waals surface area contributed by atoms with Crippen LogP contribution in [-0.4, -0.2) is 96.1 Å². The summed E-state index contributed by atoms with van der Waals surface area (Å²) in [4.78, 5) is 0. The molecule has 1 heterocycles. The van der Waals surface area contributed by atoms with Crippen LogP contribution >= 0.6 is 0 Å². The molecule has 0 aromatic carbocycles. The van der Waals surface area contributed by atoms with Crippen molar-refractivity contribution in [3.8, 4) is 0 Å². The molecule has 0 spiro atoms. The van der Waals surface area contributed by atoms with E-state index in [2.05, 4.69) is 0 Å². The molecule has 1 rings (SSSR count). The first kappa shape index (κ1) is 32.5. The van der Waals surface area contributed by atoms with Gasteiger partial charge in [-0.3, -0.25) is 9.11 Å². The third-order valence-electron chi connectivity index (χ3n) is 1.95. The zero-order chi connectivity index (χ0) is 18.3. The van der Waals surface area contributed by atoms with Gasteiger partial charge in [0.25, 0.3) is 0 Å². The summed E-state index contributed by atoms with van der Waals surface area (Å²) in [5.41, 5.74) is 5.26. The van der Waals surface area contributed by atoms with Crippen LogP contribution in [0.3, 0.4) is 0 Å². The topological polar surface area (TPSA) is 225 Å². The first-order valence-corrected chi connectivity index (χ1v) is 9.18. The Labute approximate surface area is 168 Å². The van der Waals surface area contributed by atoms with Crippen molar-refractivity contribution in [2.24, 2.45) is 5.73 Å². The van der Waals surface area contributed by atoms with Gasteiger partial charge in [0.15, 0.2) is 6.29 Å². The molecule has 1 fully saturated rings. The first-order valence-electron chi connectivity index (χ1n) is 5.49. The van der Waals surface area contributed by atoms with Gasteiger partial charge in [-0.25, -0.2) is 8.42 Å². The number of halogens is 1. The molecule has 0 bridgehead atoms. The van der Waals surface area contributed by atoms with Gasteiger partial charge in [-0.15, -0.1) is 0 Å². The van der Waals surface area contributed by atoms with Gasteiger partial charge in [0.05, 0.1) is 12.6 Å². The Kier molecular flexibility index (Phi) is 19.0. The van der Waals surface area contributed by atoms with Crippen molar-refractivity contribution in [3.05, 3.63) is 0 Å². The number of nitrogens with two attached hydrogens (primary N) is 1. The van der Waals surface area contributed by atoms with Crippen LogP contribution in [0.4, 0.5) is 0 Å². The van der Waals surface area contributed by atoms with E-state index in [9.17, 15) is 18.6 Å². The minimum absolute atomic E-state index is 0. The Hall–Kier alpha value is 0.870. The molecule has 1 unspecified atom stereocenters. The maximum atomic E-state index is 9.63. The smallest absolute Gasteiger partial charge is 1.00 e. The molecule has 0 aromatic rings. The summed E-state index contributed by atoms with van der Waals surface area (Å²) in [6.45, 7) is -0.470. The fraction of sp³-hybridized carbons (Fsp3) is 1.00. The van der Waals surface area contributed by atoms with Crippen LogP contribution in [-0.2, 0) is 25.0 Å². The second-order valence-corrected chi connectivity index (χ2v) is 7.58. The number of sulfone groups is 1. The van der Waals surface area contributed by atoms with Crippen molar-refractivity contribution in [3.63, 3.8) is 0 Å². The fourth-order valence-corrected chi connectivity index (χ4v) is 1.12. The summed E-state index contributed by atoms with van der Waals surface area (Å²) in [6.07, 6.45) is -2.53. The van der Waals surface area contributed by atoms with Crippen LogP contribution in [0.1, 0.15) is 0 Å². The molecule has 16 heteroatoms. The van der Waals surface area contributed by atoms with E-state index in [1.54, 1.807) is 0 Å². The largest absolute Gasteiger partial charge is 1.00 e. The van der Waals surface area contributed by atoms with Crippen molar-refractivity contribution >= 4 is 20.2 Å². The maximum absolute atomic E-state index is 9.63.